The first-order chi connectivity index (χ1) is 21.2. The Kier molecular flexibility index (Phi) is 10.0. The van der Waals surface area contributed by atoms with Gasteiger partial charge in [0, 0.05) is 43.1 Å². The van der Waals surface area contributed by atoms with Gasteiger partial charge in [-0.15, -0.1) is 0 Å². The van der Waals surface area contributed by atoms with Crippen molar-refractivity contribution in [2.24, 2.45) is 5.92 Å². The van der Waals surface area contributed by atoms with Crippen LogP contribution < -0.4 is 9.64 Å². The van der Waals surface area contributed by atoms with E-state index >= 15 is 0 Å². The highest BCUT2D eigenvalue weighted by atomic mass is 19.1. The van der Waals surface area contributed by atoms with Crippen LogP contribution in [0.25, 0.3) is 0 Å². The second-order valence-electron chi connectivity index (χ2n) is 12.3. The maximum atomic E-state index is 14.4. The summed E-state index contributed by atoms with van der Waals surface area (Å²) >= 11 is 0. The third kappa shape index (κ3) is 6.83. The smallest absolute Gasteiger partial charge is 0.308 e. The molecule has 0 aliphatic carbocycles. The number of hydrogen-bond acceptors (Lipinski definition) is 6. The number of carboxylic acid groups (broad SMARTS) is 1. The SMILES string of the molecule is CCCC(CCC)N(C(=O)CN1C[C@H](c2ccc3c(c2)CCO3)C(C(=O)O)[C@@H]1CCc1ncc(C)o1)c1ccc(F)c(C)c1. The second-order valence-corrected chi connectivity index (χ2v) is 12.3. The van der Waals surface area contributed by atoms with E-state index < -0.39 is 17.9 Å². The minimum absolute atomic E-state index is 0.0403. The van der Waals surface area contributed by atoms with Crippen molar-refractivity contribution >= 4 is 17.6 Å². The van der Waals surface area contributed by atoms with Crippen molar-refractivity contribution in [1.29, 1.82) is 0 Å². The fraction of sp³-hybridized carbons (Fsp3) is 0.514. The van der Waals surface area contributed by atoms with E-state index in [1.165, 1.54) is 6.07 Å². The van der Waals surface area contributed by atoms with Crippen LogP contribution in [0.15, 0.2) is 47.0 Å². The fourth-order valence-electron chi connectivity index (χ4n) is 7.07. The first kappa shape index (κ1) is 31.7. The highest BCUT2D eigenvalue weighted by Gasteiger charge is 2.47. The minimum Gasteiger partial charge on any atom is -0.493 e. The number of aryl methyl sites for hydroxylation is 3. The number of rotatable bonds is 13. The zero-order valence-corrected chi connectivity index (χ0v) is 26.2. The first-order valence-electron chi connectivity index (χ1n) is 15.9. The summed E-state index contributed by atoms with van der Waals surface area (Å²) in [7, 11) is 0. The van der Waals surface area contributed by atoms with Crippen molar-refractivity contribution in [2.75, 3.05) is 24.6 Å². The zero-order valence-electron chi connectivity index (χ0n) is 26.2. The summed E-state index contributed by atoms with van der Waals surface area (Å²) in [5, 5.41) is 10.6. The van der Waals surface area contributed by atoms with Gasteiger partial charge in [-0.1, -0.05) is 38.8 Å². The summed E-state index contributed by atoms with van der Waals surface area (Å²) in [4.78, 5) is 35.6. The van der Waals surface area contributed by atoms with E-state index in [0.717, 1.165) is 49.0 Å². The number of fused-ring (bicyclic) bond motifs is 1. The number of hydrogen-bond donors (Lipinski definition) is 1. The normalized spacial score (nSPS) is 19.7. The number of likely N-dealkylation sites (tertiary alicyclic amines) is 1. The van der Waals surface area contributed by atoms with Crippen LogP contribution in [0.3, 0.4) is 0 Å². The molecular formula is C35H44FN3O5. The van der Waals surface area contributed by atoms with Gasteiger partial charge in [0.1, 0.15) is 17.3 Å². The number of halogens is 1. The lowest BCUT2D eigenvalue weighted by atomic mass is 9.83. The van der Waals surface area contributed by atoms with Gasteiger partial charge in [0.2, 0.25) is 5.91 Å². The molecule has 5 rings (SSSR count). The molecule has 1 unspecified atom stereocenters. The Morgan fingerprint density at radius 3 is 2.57 bits per heavy atom. The molecular weight excluding hydrogens is 561 g/mol. The van der Waals surface area contributed by atoms with Crippen LogP contribution in [0.5, 0.6) is 5.75 Å². The Hall–Kier alpha value is -3.72. The van der Waals surface area contributed by atoms with Crippen LogP contribution in [-0.4, -0.2) is 58.6 Å². The molecule has 2 aromatic carbocycles. The summed E-state index contributed by atoms with van der Waals surface area (Å²) in [5.74, 6) is -0.196. The molecule has 44 heavy (non-hydrogen) atoms. The summed E-state index contributed by atoms with van der Waals surface area (Å²) in [6.45, 7) is 8.86. The molecule has 9 heteroatoms. The Morgan fingerprint density at radius 1 is 1.14 bits per heavy atom. The molecule has 1 fully saturated rings. The van der Waals surface area contributed by atoms with Crippen LogP contribution in [-0.2, 0) is 22.4 Å². The quantitative estimate of drug-likeness (QED) is 0.239. The Morgan fingerprint density at radius 2 is 1.91 bits per heavy atom. The number of anilines is 1. The zero-order chi connectivity index (χ0) is 31.4. The van der Waals surface area contributed by atoms with E-state index in [0.29, 0.717) is 48.9 Å². The molecule has 1 aromatic heterocycles. The van der Waals surface area contributed by atoms with E-state index in [1.54, 1.807) is 25.3 Å². The molecule has 1 saturated heterocycles. The van der Waals surface area contributed by atoms with Crippen molar-refractivity contribution in [3.63, 3.8) is 0 Å². The number of amides is 1. The molecule has 3 aromatic rings. The van der Waals surface area contributed by atoms with Crippen LogP contribution in [0.2, 0.25) is 0 Å². The molecule has 1 amide bonds. The second kappa shape index (κ2) is 13.9. The topological polar surface area (TPSA) is 96.1 Å². The number of carbonyl (C=O) groups is 2. The average Bonchev–Trinajstić information content (AvgIpc) is 3.72. The van der Waals surface area contributed by atoms with Gasteiger partial charge < -0.3 is 19.2 Å². The van der Waals surface area contributed by atoms with E-state index in [4.69, 9.17) is 9.15 Å². The third-order valence-electron chi connectivity index (χ3n) is 9.13. The van der Waals surface area contributed by atoms with E-state index in [-0.39, 0.29) is 30.2 Å². The monoisotopic (exact) mass is 605 g/mol. The van der Waals surface area contributed by atoms with Gasteiger partial charge in [-0.05, 0) is 74.1 Å². The van der Waals surface area contributed by atoms with E-state index in [1.807, 2.05) is 28.9 Å². The van der Waals surface area contributed by atoms with Crippen molar-refractivity contribution < 1.29 is 28.2 Å². The summed E-state index contributed by atoms with van der Waals surface area (Å²) < 4.78 is 25.7. The summed E-state index contributed by atoms with van der Waals surface area (Å²) in [6.07, 6.45) is 6.86. The van der Waals surface area contributed by atoms with Crippen molar-refractivity contribution in [2.45, 2.75) is 90.6 Å². The van der Waals surface area contributed by atoms with Gasteiger partial charge in [-0.3, -0.25) is 14.5 Å². The number of nitrogens with zero attached hydrogens (tertiary/aromatic N) is 3. The molecule has 2 aliphatic heterocycles. The molecule has 0 saturated carbocycles. The Labute approximate surface area is 259 Å². The lowest BCUT2D eigenvalue weighted by Crippen LogP contribution is -2.48. The molecule has 1 N–H and O–H groups in total. The van der Waals surface area contributed by atoms with Gasteiger partial charge >= 0.3 is 5.97 Å². The van der Waals surface area contributed by atoms with Crippen LogP contribution in [0, 0.1) is 25.6 Å². The predicted octanol–water partition coefficient (Wildman–Crippen LogP) is 6.47. The third-order valence-corrected chi connectivity index (χ3v) is 9.13. The number of carbonyl (C=O) groups excluding carboxylic acids is 1. The number of carboxylic acids is 1. The van der Waals surface area contributed by atoms with Crippen LogP contribution >= 0.6 is 0 Å². The highest BCUT2D eigenvalue weighted by molar-refractivity contribution is 5.95. The minimum atomic E-state index is -0.879. The van der Waals surface area contributed by atoms with Gasteiger partial charge in [0.05, 0.1) is 25.3 Å². The van der Waals surface area contributed by atoms with Crippen LogP contribution in [0.4, 0.5) is 10.1 Å². The Balaban J connectivity index is 1.48. The van der Waals surface area contributed by atoms with Crippen LogP contribution in [0.1, 0.15) is 80.2 Å². The lowest BCUT2D eigenvalue weighted by molar-refractivity contribution is -0.143. The first-order valence-corrected chi connectivity index (χ1v) is 15.9. The molecule has 8 nitrogen and oxygen atoms in total. The molecule has 0 radical (unpaired) electrons. The van der Waals surface area contributed by atoms with Gasteiger partial charge in [0.25, 0.3) is 0 Å². The number of aromatic nitrogens is 1. The maximum absolute atomic E-state index is 14.4. The van der Waals surface area contributed by atoms with Gasteiger partial charge in [-0.2, -0.15) is 0 Å². The van der Waals surface area contributed by atoms with Gasteiger partial charge in [0.15, 0.2) is 5.89 Å². The Bertz CT molecular complexity index is 1470. The van der Waals surface area contributed by atoms with Gasteiger partial charge in [-0.25, -0.2) is 9.37 Å². The maximum Gasteiger partial charge on any atom is 0.308 e. The number of ether oxygens (including phenoxy) is 1. The largest absolute Gasteiger partial charge is 0.493 e. The average molecular weight is 606 g/mol. The number of aliphatic carboxylic acids is 1. The predicted molar refractivity (Wildman–Crippen MR) is 167 cm³/mol. The molecule has 3 atom stereocenters. The molecule has 236 valence electrons. The van der Waals surface area contributed by atoms with Crippen molar-refractivity contribution in [3.05, 3.63) is 76.8 Å². The number of oxazole rings is 1. The van der Waals surface area contributed by atoms with Crippen molar-refractivity contribution in [1.82, 2.24) is 9.88 Å². The highest BCUT2D eigenvalue weighted by Crippen LogP contribution is 2.41. The number of benzene rings is 2. The molecule has 0 bridgehead atoms. The summed E-state index contributed by atoms with van der Waals surface area (Å²) in [6, 6.07) is 10.4. The van der Waals surface area contributed by atoms with E-state index in [2.05, 4.69) is 24.9 Å². The molecule has 2 aliphatic rings. The standard InChI is InChI=1S/C35H44FN3O5/c1-5-7-26(8-6-2)39(27-10-11-29(36)22(3)17-27)33(40)21-38-20-28(24-9-13-31-25(18-24)15-16-43-31)34(35(41)42)30(38)12-14-32-37-19-23(4)44-32/h9-11,13,17-19,26,28,30,34H,5-8,12,14-16,20-21H2,1-4H3,(H,41,42)/t28-,30+,34?/m1/s1. The summed E-state index contributed by atoms with van der Waals surface area (Å²) in [5.41, 5.74) is 3.21. The fourth-order valence-corrected chi connectivity index (χ4v) is 7.07. The molecule has 3 heterocycles. The van der Waals surface area contributed by atoms with E-state index in [9.17, 15) is 19.1 Å². The lowest BCUT2D eigenvalue weighted by Gasteiger charge is -2.35. The molecule has 0 spiro atoms. The van der Waals surface area contributed by atoms with Crippen molar-refractivity contribution in [3.8, 4) is 5.75 Å².